The normalized spacial score (nSPS) is 26.0. The van der Waals surface area contributed by atoms with Gasteiger partial charge in [0.25, 0.3) is 11.7 Å². The number of rotatable bonds is 5. The number of benzene rings is 1. The number of aromatic nitrogens is 1. The lowest BCUT2D eigenvalue weighted by molar-refractivity contribution is -0.123. The molecule has 0 N–H and O–H groups in total. The van der Waals surface area contributed by atoms with Gasteiger partial charge in [-0.05, 0) is 84.2 Å². The number of Topliss-reactive ketones (excluding diaryl/α,β-unsaturated/α-hetero) is 1. The van der Waals surface area contributed by atoms with Crippen molar-refractivity contribution in [2.75, 3.05) is 27.2 Å². The van der Waals surface area contributed by atoms with Crippen molar-refractivity contribution in [2.45, 2.75) is 78.0 Å². The van der Waals surface area contributed by atoms with Crippen LogP contribution in [0.4, 0.5) is 0 Å². The van der Waals surface area contributed by atoms with Crippen LogP contribution in [0.25, 0.3) is 11.1 Å². The predicted molar refractivity (Wildman–Crippen MR) is 159 cm³/mol. The fourth-order valence-electron chi connectivity index (χ4n) is 7.32. The van der Waals surface area contributed by atoms with E-state index in [9.17, 15) is 9.59 Å². The Balaban J connectivity index is 1.39. The van der Waals surface area contributed by atoms with E-state index in [1.165, 1.54) is 0 Å². The summed E-state index contributed by atoms with van der Waals surface area (Å²) in [7, 11) is 4.30. The Kier molecular flexibility index (Phi) is 7.05. The van der Waals surface area contributed by atoms with Gasteiger partial charge in [0.2, 0.25) is 0 Å². The van der Waals surface area contributed by atoms with E-state index in [0.29, 0.717) is 43.3 Å². The van der Waals surface area contributed by atoms with Crippen LogP contribution in [0.3, 0.4) is 0 Å². The number of allylic oxidation sites excluding steroid dienone is 3. The standard InChI is InChI=1S/C34H41N3O4/c1-20-16-21(2)27(28(38)17-20)19-37-15-13-26-29(33(37)39)22(3)31-32(30(26)23-8-7-14-35-18-23)41-34(4,40-31)24-9-11-25(12-10-24)36(5)6/h7-8,14,16,18,24-25H,9-13,15,17,19H2,1-6H3/t24?,25?,34-/m1/s1. The van der Waals surface area contributed by atoms with Crippen molar-refractivity contribution in [2.24, 2.45) is 5.92 Å². The van der Waals surface area contributed by atoms with E-state index in [-0.39, 0.29) is 17.6 Å². The summed E-state index contributed by atoms with van der Waals surface area (Å²) in [5.41, 5.74) is 7.06. The molecule has 1 atom stereocenters. The van der Waals surface area contributed by atoms with Gasteiger partial charge in [0, 0.05) is 73.1 Å². The zero-order valence-corrected chi connectivity index (χ0v) is 25.2. The largest absolute Gasteiger partial charge is 0.448 e. The molecule has 0 spiro atoms. The van der Waals surface area contributed by atoms with Crippen molar-refractivity contribution < 1.29 is 19.1 Å². The molecule has 0 radical (unpaired) electrons. The highest BCUT2D eigenvalue weighted by Crippen LogP contribution is 2.55. The second-order valence-electron chi connectivity index (χ2n) is 12.7. The van der Waals surface area contributed by atoms with E-state index in [0.717, 1.165) is 70.4 Å². The predicted octanol–water partition coefficient (Wildman–Crippen LogP) is 5.90. The molecule has 4 aliphatic rings. The first-order valence-corrected chi connectivity index (χ1v) is 14.9. The van der Waals surface area contributed by atoms with Gasteiger partial charge in [-0.15, -0.1) is 0 Å². The summed E-state index contributed by atoms with van der Waals surface area (Å²) >= 11 is 0. The Morgan fingerprint density at radius 3 is 2.44 bits per heavy atom. The van der Waals surface area contributed by atoms with Gasteiger partial charge >= 0.3 is 0 Å². The second kappa shape index (κ2) is 10.4. The van der Waals surface area contributed by atoms with Crippen LogP contribution in [0.5, 0.6) is 11.5 Å². The Labute approximate surface area is 243 Å². The second-order valence-corrected chi connectivity index (χ2v) is 12.7. The number of ketones is 1. The molecule has 6 rings (SSSR count). The molecule has 216 valence electrons. The van der Waals surface area contributed by atoms with E-state index in [1.54, 1.807) is 6.20 Å². The maximum atomic E-state index is 14.2. The number of carbonyl (C=O) groups is 2. The van der Waals surface area contributed by atoms with Crippen LogP contribution < -0.4 is 9.47 Å². The molecule has 0 saturated heterocycles. The average Bonchev–Trinajstić information content (AvgIpc) is 3.31. The van der Waals surface area contributed by atoms with Crippen LogP contribution in [-0.2, 0) is 11.2 Å². The van der Waals surface area contributed by atoms with Crippen molar-refractivity contribution in [3.63, 3.8) is 0 Å². The Morgan fingerprint density at radius 2 is 1.78 bits per heavy atom. The monoisotopic (exact) mass is 555 g/mol. The van der Waals surface area contributed by atoms with Crippen LogP contribution in [0.15, 0.2) is 47.3 Å². The van der Waals surface area contributed by atoms with Gasteiger partial charge in [0.15, 0.2) is 17.3 Å². The molecule has 0 unspecified atom stereocenters. The summed E-state index contributed by atoms with van der Waals surface area (Å²) in [5, 5.41) is 0. The summed E-state index contributed by atoms with van der Waals surface area (Å²) in [5.74, 6) is 0.903. The maximum Gasteiger partial charge on any atom is 0.254 e. The molecule has 1 aromatic heterocycles. The highest BCUT2D eigenvalue weighted by atomic mass is 16.7. The lowest BCUT2D eigenvalue weighted by Crippen LogP contribution is -2.46. The molecule has 41 heavy (non-hydrogen) atoms. The minimum atomic E-state index is -0.797. The molecular formula is C34H41N3O4. The number of pyridine rings is 1. The molecule has 1 fully saturated rings. The highest BCUT2D eigenvalue weighted by Gasteiger charge is 2.49. The van der Waals surface area contributed by atoms with Gasteiger partial charge in [0.1, 0.15) is 0 Å². The van der Waals surface area contributed by atoms with Gasteiger partial charge in [-0.25, -0.2) is 0 Å². The molecule has 2 aliphatic carbocycles. The van der Waals surface area contributed by atoms with Crippen molar-refractivity contribution in [3.05, 3.63) is 64.0 Å². The van der Waals surface area contributed by atoms with Gasteiger partial charge in [0.05, 0.1) is 5.56 Å². The Bertz CT molecular complexity index is 1470. The van der Waals surface area contributed by atoms with Crippen molar-refractivity contribution >= 4 is 11.7 Å². The fourth-order valence-corrected chi connectivity index (χ4v) is 7.32. The third kappa shape index (κ3) is 4.78. The third-order valence-electron chi connectivity index (χ3n) is 9.68. The van der Waals surface area contributed by atoms with Gasteiger partial charge < -0.3 is 19.3 Å². The lowest BCUT2D eigenvalue weighted by Gasteiger charge is -2.39. The number of ether oxygens (including phenoxy) is 2. The third-order valence-corrected chi connectivity index (χ3v) is 9.68. The average molecular weight is 556 g/mol. The summed E-state index contributed by atoms with van der Waals surface area (Å²) in [4.78, 5) is 35.6. The number of nitrogens with zero attached hydrogens (tertiary/aromatic N) is 3. The summed E-state index contributed by atoms with van der Waals surface area (Å²) in [6.07, 6.45) is 11.0. The maximum absolute atomic E-state index is 14.2. The lowest BCUT2D eigenvalue weighted by atomic mass is 9.81. The zero-order chi connectivity index (χ0) is 29.1. The number of amides is 1. The SMILES string of the molecule is CC1=CC(C)=C(CN2CCc3c(c(C)c4c(c3-c3cccnc3)O[C@](C)(C3CCC(N(C)C)CC3)O4)C2=O)C(=O)C1. The first-order chi connectivity index (χ1) is 19.6. The van der Waals surface area contributed by atoms with E-state index in [2.05, 4.69) is 37.0 Å². The highest BCUT2D eigenvalue weighted by molar-refractivity contribution is 6.04. The molecule has 2 aliphatic heterocycles. The zero-order valence-electron chi connectivity index (χ0n) is 25.2. The number of fused-ring (bicyclic) bond motifs is 2. The smallest absolute Gasteiger partial charge is 0.254 e. The number of hydrogen-bond acceptors (Lipinski definition) is 6. The minimum absolute atomic E-state index is 0.0558. The van der Waals surface area contributed by atoms with E-state index < -0.39 is 5.79 Å². The quantitative estimate of drug-likeness (QED) is 0.458. The van der Waals surface area contributed by atoms with Gasteiger partial charge in [-0.1, -0.05) is 17.7 Å². The van der Waals surface area contributed by atoms with E-state index in [4.69, 9.17) is 9.47 Å². The van der Waals surface area contributed by atoms with Crippen LogP contribution >= 0.6 is 0 Å². The molecule has 3 heterocycles. The van der Waals surface area contributed by atoms with Gasteiger partial charge in [-0.2, -0.15) is 0 Å². The molecule has 7 nitrogen and oxygen atoms in total. The summed E-state index contributed by atoms with van der Waals surface area (Å²) in [6.45, 7) is 8.86. The van der Waals surface area contributed by atoms with Crippen LogP contribution in [0.1, 0.15) is 74.4 Å². The number of hydrogen-bond donors (Lipinski definition) is 0. The molecule has 1 saturated carbocycles. The number of carbonyl (C=O) groups excluding carboxylic acids is 2. The molecular weight excluding hydrogens is 514 g/mol. The summed E-state index contributed by atoms with van der Waals surface area (Å²) < 4.78 is 13.6. The summed E-state index contributed by atoms with van der Waals surface area (Å²) in [6, 6.07) is 4.53. The van der Waals surface area contributed by atoms with Crippen LogP contribution in [-0.4, -0.2) is 65.5 Å². The fraction of sp³-hybridized carbons (Fsp3) is 0.500. The first kappa shape index (κ1) is 27.7. The minimum Gasteiger partial charge on any atom is -0.448 e. The van der Waals surface area contributed by atoms with Crippen LogP contribution in [0, 0.1) is 12.8 Å². The Hall–Kier alpha value is -3.45. The van der Waals surface area contributed by atoms with Crippen LogP contribution in [0.2, 0.25) is 0 Å². The Morgan fingerprint density at radius 1 is 1.05 bits per heavy atom. The molecule has 2 aromatic rings. The first-order valence-electron chi connectivity index (χ1n) is 14.9. The molecule has 0 bridgehead atoms. The molecule has 7 heteroatoms. The van der Waals surface area contributed by atoms with Gasteiger partial charge in [-0.3, -0.25) is 14.6 Å². The van der Waals surface area contributed by atoms with Crippen molar-refractivity contribution in [3.8, 4) is 22.6 Å². The topological polar surface area (TPSA) is 72.0 Å². The molecule has 1 amide bonds. The van der Waals surface area contributed by atoms with E-state index >= 15 is 0 Å². The van der Waals surface area contributed by atoms with Crippen molar-refractivity contribution in [1.29, 1.82) is 0 Å². The van der Waals surface area contributed by atoms with E-state index in [1.807, 2.05) is 44.0 Å². The molecule has 1 aromatic carbocycles. The van der Waals surface area contributed by atoms with Crippen molar-refractivity contribution in [1.82, 2.24) is 14.8 Å².